The van der Waals surface area contributed by atoms with Gasteiger partial charge in [-0.15, -0.1) is 0 Å². The van der Waals surface area contributed by atoms with Gasteiger partial charge in [0.1, 0.15) is 0 Å². The molecule has 0 aromatic carbocycles. The van der Waals surface area contributed by atoms with E-state index in [1.807, 2.05) is 0 Å². The molecule has 0 radical (unpaired) electrons. The largest absolute Gasteiger partial charge is 0.394 e. The van der Waals surface area contributed by atoms with Gasteiger partial charge in [-0.05, 0) is 12.8 Å². The maximum absolute atomic E-state index is 13.8. The van der Waals surface area contributed by atoms with Crippen molar-refractivity contribution < 1.29 is 18.6 Å². The molecule has 1 aliphatic rings. The Morgan fingerprint density at radius 2 is 2.10 bits per heavy atom. The highest BCUT2D eigenvalue weighted by atomic mass is 19.1. The van der Waals surface area contributed by atoms with Crippen LogP contribution in [0.15, 0.2) is 6.07 Å². The molecule has 1 fully saturated rings. The molecule has 1 saturated heterocycles. The Bertz CT molecular complexity index is 451. The van der Waals surface area contributed by atoms with Gasteiger partial charge in [-0.3, -0.25) is 0 Å². The zero-order valence-corrected chi connectivity index (χ0v) is 11.4. The van der Waals surface area contributed by atoms with Gasteiger partial charge in [-0.2, -0.15) is 0 Å². The first-order valence-corrected chi connectivity index (χ1v) is 6.67. The maximum atomic E-state index is 13.8. The molecule has 2 heterocycles. The molecule has 20 heavy (non-hydrogen) atoms. The molecular formula is C13H19F2N3O2. The molecule has 0 amide bonds. The number of nitrogens with one attached hydrogen (secondary N) is 1. The van der Waals surface area contributed by atoms with Crippen LogP contribution in [0.3, 0.4) is 0 Å². The van der Waals surface area contributed by atoms with Crippen molar-refractivity contribution in [3.8, 4) is 0 Å². The Hall–Kier alpha value is -1.47. The number of piperidine rings is 1. The van der Waals surface area contributed by atoms with Gasteiger partial charge in [0.05, 0.1) is 19.3 Å². The highest BCUT2D eigenvalue weighted by Crippen LogP contribution is 2.25. The lowest BCUT2D eigenvalue weighted by molar-refractivity contribution is 0.0158. The number of aliphatic hydroxyl groups excluding tert-OH is 1. The molecule has 2 N–H and O–H groups in total. The average molecular weight is 287 g/mol. The summed E-state index contributed by atoms with van der Waals surface area (Å²) < 4.78 is 32.6. The maximum Gasteiger partial charge on any atom is 0.168 e. The minimum Gasteiger partial charge on any atom is -0.394 e. The molecule has 1 aromatic heterocycles. The van der Waals surface area contributed by atoms with E-state index in [2.05, 4.69) is 10.3 Å². The monoisotopic (exact) mass is 287 g/mol. The molecule has 2 rings (SSSR count). The van der Waals surface area contributed by atoms with Crippen molar-refractivity contribution in [1.29, 1.82) is 0 Å². The van der Waals surface area contributed by atoms with Gasteiger partial charge in [0, 0.05) is 26.2 Å². The molecule has 7 heteroatoms. The first-order chi connectivity index (χ1) is 9.65. The molecule has 112 valence electrons. The van der Waals surface area contributed by atoms with Crippen molar-refractivity contribution in [2.45, 2.75) is 18.9 Å². The van der Waals surface area contributed by atoms with E-state index in [0.29, 0.717) is 19.7 Å². The van der Waals surface area contributed by atoms with Crippen LogP contribution in [-0.4, -0.2) is 49.5 Å². The Kier molecular flexibility index (Phi) is 5.08. The number of anilines is 2. The molecule has 0 spiro atoms. The summed E-state index contributed by atoms with van der Waals surface area (Å²) in [6, 6.07) is 0.850. The van der Waals surface area contributed by atoms with E-state index in [4.69, 9.17) is 9.84 Å². The third-order valence-electron chi connectivity index (χ3n) is 3.33. The number of hydrogen-bond donors (Lipinski definition) is 2. The summed E-state index contributed by atoms with van der Waals surface area (Å²) >= 11 is 0. The number of aliphatic hydroxyl groups is 1. The molecule has 0 unspecified atom stereocenters. The van der Waals surface area contributed by atoms with Crippen LogP contribution < -0.4 is 10.2 Å². The summed E-state index contributed by atoms with van der Waals surface area (Å²) in [4.78, 5) is 5.77. The quantitative estimate of drug-likeness (QED) is 0.857. The van der Waals surface area contributed by atoms with Crippen molar-refractivity contribution in [2.24, 2.45) is 0 Å². The summed E-state index contributed by atoms with van der Waals surface area (Å²) in [6.45, 7) is 1.50. The number of aromatic nitrogens is 1. The Morgan fingerprint density at radius 1 is 1.40 bits per heavy atom. The fourth-order valence-electron chi connectivity index (χ4n) is 2.31. The van der Waals surface area contributed by atoms with Crippen molar-refractivity contribution in [1.82, 2.24) is 4.98 Å². The molecule has 1 aromatic rings. The lowest BCUT2D eigenvalue weighted by atomic mass is 10.1. The Morgan fingerprint density at radius 3 is 2.70 bits per heavy atom. The molecule has 0 saturated carbocycles. The van der Waals surface area contributed by atoms with Gasteiger partial charge >= 0.3 is 0 Å². The number of hydrogen-bond acceptors (Lipinski definition) is 5. The standard InChI is InChI=1S/C13H19F2N3O2/c1-16-12-10(14)8-11(15)13(17-12)18-4-2-9(3-5-18)20-7-6-19/h8-9,19H,2-7H2,1H3,(H,16,17). The minimum atomic E-state index is -0.699. The zero-order chi connectivity index (χ0) is 14.5. The number of halogens is 2. The number of pyridine rings is 1. The van der Waals surface area contributed by atoms with Crippen molar-refractivity contribution in [3.63, 3.8) is 0 Å². The van der Waals surface area contributed by atoms with Crippen LogP contribution in [0.1, 0.15) is 12.8 Å². The molecule has 1 aliphatic heterocycles. The van der Waals surface area contributed by atoms with Gasteiger partial charge < -0.3 is 20.1 Å². The summed E-state index contributed by atoms with van der Waals surface area (Å²) in [7, 11) is 1.54. The van der Waals surface area contributed by atoms with Gasteiger partial charge in [0.25, 0.3) is 0 Å². The van der Waals surface area contributed by atoms with Gasteiger partial charge in [-0.25, -0.2) is 13.8 Å². The number of ether oxygens (including phenoxy) is 1. The second-order valence-electron chi connectivity index (χ2n) is 4.66. The molecule has 5 nitrogen and oxygen atoms in total. The average Bonchev–Trinajstić information content (AvgIpc) is 2.46. The van der Waals surface area contributed by atoms with E-state index in [1.165, 1.54) is 0 Å². The summed E-state index contributed by atoms with van der Waals surface area (Å²) in [5, 5.41) is 11.3. The summed E-state index contributed by atoms with van der Waals surface area (Å²) in [6.07, 6.45) is 1.53. The number of nitrogens with zero attached hydrogens (tertiary/aromatic N) is 2. The lowest BCUT2D eigenvalue weighted by Crippen LogP contribution is -2.38. The van der Waals surface area contributed by atoms with Crippen LogP contribution in [0.25, 0.3) is 0 Å². The minimum absolute atomic E-state index is 0.000110. The van der Waals surface area contributed by atoms with Crippen LogP contribution >= 0.6 is 0 Å². The van der Waals surface area contributed by atoms with Crippen LogP contribution in [0.4, 0.5) is 20.4 Å². The van der Waals surface area contributed by atoms with E-state index >= 15 is 0 Å². The highest BCUT2D eigenvalue weighted by Gasteiger charge is 2.23. The lowest BCUT2D eigenvalue weighted by Gasteiger charge is -2.33. The van der Waals surface area contributed by atoms with E-state index in [1.54, 1.807) is 11.9 Å². The fourth-order valence-corrected chi connectivity index (χ4v) is 2.31. The van der Waals surface area contributed by atoms with E-state index in [0.717, 1.165) is 18.9 Å². The first-order valence-electron chi connectivity index (χ1n) is 6.67. The van der Waals surface area contributed by atoms with Crippen LogP contribution in [0.5, 0.6) is 0 Å². The summed E-state index contributed by atoms with van der Waals surface area (Å²) in [5.74, 6) is -1.15. The second kappa shape index (κ2) is 6.81. The van der Waals surface area contributed by atoms with Gasteiger partial charge in [0.2, 0.25) is 0 Å². The molecule has 0 bridgehead atoms. The zero-order valence-electron chi connectivity index (χ0n) is 11.4. The van der Waals surface area contributed by atoms with Gasteiger partial charge in [-0.1, -0.05) is 0 Å². The first kappa shape index (κ1) is 14.9. The predicted octanol–water partition coefficient (Wildman–Crippen LogP) is 1.38. The van der Waals surface area contributed by atoms with Crippen molar-refractivity contribution in [3.05, 3.63) is 17.7 Å². The molecule has 0 atom stereocenters. The van der Waals surface area contributed by atoms with Crippen molar-refractivity contribution >= 4 is 11.6 Å². The fraction of sp³-hybridized carbons (Fsp3) is 0.615. The smallest absolute Gasteiger partial charge is 0.168 e. The van der Waals surface area contributed by atoms with Crippen molar-refractivity contribution in [2.75, 3.05) is 43.6 Å². The number of rotatable bonds is 5. The highest BCUT2D eigenvalue weighted by molar-refractivity contribution is 5.49. The van der Waals surface area contributed by atoms with Gasteiger partial charge in [0.15, 0.2) is 23.3 Å². The van der Waals surface area contributed by atoms with E-state index in [9.17, 15) is 8.78 Å². The third-order valence-corrected chi connectivity index (χ3v) is 3.33. The third kappa shape index (κ3) is 3.34. The second-order valence-corrected chi connectivity index (χ2v) is 4.66. The molecule has 0 aliphatic carbocycles. The van der Waals surface area contributed by atoms with E-state index in [-0.39, 0.29) is 24.3 Å². The predicted molar refractivity (Wildman–Crippen MR) is 72.0 cm³/mol. The van der Waals surface area contributed by atoms with Crippen LogP contribution in [0, 0.1) is 11.6 Å². The Balaban J connectivity index is 2.03. The Labute approximate surface area is 116 Å². The van der Waals surface area contributed by atoms with Crippen LogP contribution in [0.2, 0.25) is 0 Å². The normalized spacial score (nSPS) is 16.5. The SMILES string of the molecule is CNc1nc(N2CCC(OCCO)CC2)c(F)cc1F. The van der Waals surface area contributed by atoms with Crippen LogP contribution in [-0.2, 0) is 4.74 Å². The topological polar surface area (TPSA) is 57.6 Å². The molecular weight excluding hydrogens is 268 g/mol. The summed E-state index contributed by atoms with van der Waals surface area (Å²) in [5.41, 5.74) is 0. The van der Waals surface area contributed by atoms with E-state index < -0.39 is 11.6 Å².